The van der Waals surface area contributed by atoms with Gasteiger partial charge in [0.2, 0.25) is 0 Å². The van der Waals surface area contributed by atoms with Crippen LogP contribution in [0.2, 0.25) is 5.02 Å². The highest BCUT2D eigenvalue weighted by molar-refractivity contribution is 6.31. The molecule has 39 heavy (non-hydrogen) atoms. The van der Waals surface area contributed by atoms with Crippen LogP contribution in [0.4, 0.5) is 20.7 Å². The second-order valence-electron chi connectivity index (χ2n) is 10.6. The Balaban J connectivity index is 1.27. The monoisotopic (exact) mass is 555 g/mol. The molecule has 5 rings (SSSR count). The Morgan fingerprint density at radius 3 is 2.51 bits per heavy atom. The van der Waals surface area contributed by atoms with Gasteiger partial charge >= 0.3 is 6.03 Å². The molecule has 1 saturated heterocycles. The molecular weight excluding hydrogens is 521 g/mol. The molecule has 3 aromatic rings. The summed E-state index contributed by atoms with van der Waals surface area (Å²) in [5.41, 5.74) is 1.29. The maximum absolute atomic E-state index is 13.6. The fraction of sp³-hybridized carbons (Fsp3) is 0.483. The van der Waals surface area contributed by atoms with Crippen LogP contribution in [0.5, 0.6) is 11.5 Å². The largest absolute Gasteiger partial charge is 0.493 e. The third kappa shape index (κ3) is 6.13. The molecule has 2 amide bonds. The number of carbonyl (C=O) groups excluding carboxylic acids is 1. The minimum atomic E-state index is -0.485. The summed E-state index contributed by atoms with van der Waals surface area (Å²) in [6.45, 7) is 3.95. The van der Waals surface area contributed by atoms with Gasteiger partial charge in [0.05, 0.1) is 23.8 Å². The van der Waals surface area contributed by atoms with Crippen LogP contribution in [0, 0.1) is 11.7 Å². The van der Waals surface area contributed by atoms with E-state index in [1.54, 1.807) is 13.2 Å². The number of urea groups is 1. The molecular formula is C29H35ClFN5O3. The zero-order chi connectivity index (χ0) is 27.5. The third-order valence-corrected chi connectivity index (χ3v) is 8.23. The summed E-state index contributed by atoms with van der Waals surface area (Å²) < 4.78 is 25.7. The van der Waals surface area contributed by atoms with E-state index in [4.69, 9.17) is 21.1 Å². The van der Waals surface area contributed by atoms with Gasteiger partial charge in [-0.2, -0.15) is 0 Å². The minimum absolute atomic E-state index is 0.00360. The molecule has 0 bridgehead atoms. The molecule has 208 valence electrons. The molecule has 0 atom stereocenters. The molecule has 2 fully saturated rings. The van der Waals surface area contributed by atoms with Gasteiger partial charge in [0.25, 0.3) is 0 Å². The molecule has 1 aromatic heterocycles. The smallest absolute Gasteiger partial charge is 0.319 e. The number of hydrogen-bond acceptors (Lipinski definition) is 6. The molecule has 0 radical (unpaired) electrons. The van der Waals surface area contributed by atoms with Gasteiger partial charge in [0, 0.05) is 43.3 Å². The van der Waals surface area contributed by atoms with Crippen LogP contribution in [0.25, 0.3) is 10.9 Å². The lowest BCUT2D eigenvalue weighted by atomic mass is 9.92. The molecule has 1 aliphatic carbocycles. The number of carbonyl (C=O) groups is 1. The van der Waals surface area contributed by atoms with E-state index in [1.165, 1.54) is 18.5 Å². The van der Waals surface area contributed by atoms with Crippen molar-refractivity contribution in [2.45, 2.75) is 57.6 Å². The van der Waals surface area contributed by atoms with Gasteiger partial charge in [-0.25, -0.2) is 19.2 Å². The Kier molecular flexibility index (Phi) is 8.26. The van der Waals surface area contributed by atoms with E-state index in [0.29, 0.717) is 34.4 Å². The number of piperidine rings is 1. The normalized spacial score (nSPS) is 20.1. The van der Waals surface area contributed by atoms with Gasteiger partial charge in [-0.3, -0.25) is 0 Å². The number of aromatic nitrogens is 2. The quantitative estimate of drug-likeness (QED) is 0.367. The number of nitrogens with one attached hydrogen (secondary N) is 1. The summed E-state index contributed by atoms with van der Waals surface area (Å²) in [4.78, 5) is 25.7. The Bertz CT molecular complexity index is 1330. The minimum Gasteiger partial charge on any atom is -0.493 e. The molecule has 8 nitrogen and oxygen atoms in total. The van der Waals surface area contributed by atoms with Gasteiger partial charge in [0.15, 0.2) is 11.5 Å². The number of fused-ring (bicyclic) bond motifs is 1. The number of benzene rings is 2. The van der Waals surface area contributed by atoms with Crippen LogP contribution in [-0.4, -0.2) is 65.2 Å². The van der Waals surface area contributed by atoms with E-state index in [-0.39, 0.29) is 23.2 Å². The number of likely N-dealkylation sites (tertiary alicyclic amines) is 1. The highest BCUT2D eigenvalue weighted by Crippen LogP contribution is 2.37. The van der Waals surface area contributed by atoms with Crippen LogP contribution in [0.3, 0.4) is 0 Å². The first-order valence-corrected chi connectivity index (χ1v) is 13.9. The van der Waals surface area contributed by atoms with E-state index < -0.39 is 5.82 Å². The van der Waals surface area contributed by atoms with Crippen LogP contribution in [0.15, 0.2) is 36.7 Å². The predicted molar refractivity (Wildman–Crippen MR) is 151 cm³/mol. The molecule has 2 aliphatic rings. The number of hydrogen-bond donors (Lipinski definition) is 1. The molecule has 0 spiro atoms. The highest BCUT2D eigenvalue weighted by atomic mass is 35.5. The van der Waals surface area contributed by atoms with Gasteiger partial charge < -0.3 is 24.6 Å². The topological polar surface area (TPSA) is 79.8 Å². The lowest BCUT2D eigenvalue weighted by Crippen LogP contribution is -2.49. The van der Waals surface area contributed by atoms with Crippen LogP contribution < -0.4 is 14.8 Å². The molecule has 1 N–H and O–H groups in total. The van der Waals surface area contributed by atoms with Crippen molar-refractivity contribution in [3.8, 4) is 11.5 Å². The second-order valence-corrected chi connectivity index (χ2v) is 11.0. The summed E-state index contributed by atoms with van der Waals surface area (Å²) >= 11 is 5.95. The van der Waals surface area contributed by atoms with Crippen molar-refractivity contribution < 1.29 is 18.7 Å². The van der Waals surface area contributed by atoms with Crippen molar-refractivity contribution in [3.63, 3.8) is 0 Å². The van der Waals surface area contributed by atoms with Gasteiger partial charge in [0.1, 0.15) is 18.0 Å². The molecule has 2 aromatic carbocycles. The zero-order valence-electron chi connectivity index (χ0n) is 22.6. The van der Waals surface area contributed by atoms with Crippen molar-refractivity contribution in [3.05, 3.63) is 47.5 Å². The molecule has 1 aliphatic heterocycles. The number of amides is 2. The first-order valence-electron chi connectivity index (χ1n) is 13.6. The summed E-state index contributed by atoms with van der Waals surface area (Å²) in [6.07, 6.45) is 7.06. The molecule has 0 unspecified atom stereocenters. The van der Waals surface area contributed by atoms with E-state index in [0.717, 1.165) is 57.0 Å². The SMILES string of the molecule is COc1cc2ncnc(Nc3ccc(F)c(Cl)c3)c2cc1OC1CCC(N(C)C(=O)N2CCC(C)CC2)CC1. The summed E-state index contributed by atoms with van der Waals surface area (Å²) in [5, 5.41) is 3.97. The molecule has 10 heteroatoms. The maximum atomic E-state index is 13.6. The second kappa shape index (κ2) is 11.8. The first-order chi connectivity index (χ1) is 18.8. The Morgan fingerprint density at radius 1 is 1.08 bits per heavy atom. The standard InChI is InChI=1S/C29H35ClFN5O3/c1-18-10-12-36(13-11-18)29(37)35(2)20-5-7-21(8-6-20)39-27-15-22-25(16-26(27)38-3)32-17-33-28(22)34-19-4-9-24(31)23(30)14-19/h4,9,14-18,20-21H,5-8,10-13H2,1-3H3,(H,32,33,34). The lowest BCUT2D eigenvalue weighted by Gasteiger charge is -2.39. The van der Waals surface area contributed by atoms with Gasteiger partial charge in [-0.05, 0) is 68.7 Å². The molecule has 2 heterocycles. The van der Waals surface area contributed by atoms with E-state index in [1.807, 2.05) is 29.0 Å². The number of methoxy groups -OCH3 is 1. The Hall–Kier alpha value is -3.33. The van der Waals surface area contributed by atoms with E-state index >= 15 is 0 Å². The summed E-state index contributed by atoms with van der Waals surface area (Å²) in [7, 11) is 3.54. The Labute approximate surface area is 233 Å². The number of halogens is 2. The average molecular weight is 556 g/mol. The van der Waals surface area contributed by atoms with Crippen molar-refractivity contribution in [2.24, 2.45) is 5.92 Å². The van der Waals surface area contributed by atoms with Crippen molar-refractivity contribution in [2.75, 3.05) is 32.6 Å². The van der Waals surface area contributed by atoms with Crippen molar-refractivity contribution >= 4 is 40.0 Å². The highest BCUT2D eigenvalue weighted by Gasteiger charge is 2.31. The lowest BCUT2D eigenvalue weighted by molar-refractivity contribution is 0.0883. The van der Waals surface area contributed by atoms with E-state index in [2.05, 4.69) is 22.2 Å². The van der Waals surface area contributed by atoms with Crippen LogP contribution >= 0.6 is 11.6 Å². The third-order valence-electron chi connectivity index (χ3n) is 7.94. The maximum Gasteiger partial charge on any atom is 0.319 e. The fourth-order valence-corrected chi connectivity index (χ4v) is 5.62. The van der Waals surface area contributed by atoms with Gasteiger partial charge in [-0.1, -0.05) is 18.5 Å². The number of rotatable bonds is 6. The molecule has 1 saturated carbocycles. The summed E-state index contributed by atoms with van der Waals surface area (Å²) in [6, 6.07) is 8.47. The fourth-order valence-electron chi connectivity index (χ4n) is 5.43. The first kappa shape index (κ1) is 27.2. The van der Waals surface area contributed by atoms with Crippen molar-refractivity contribution in [1.29, 1.82) is 0 Å². The van der Waals surface area contributed by atoms with E-state index in [9.17, 15) is 9.18 Å². The van der Waals surface area contributed by atoms with Gasteiger partial charge in [-0.15, -0.1) is 0 Å². The zero-order valence-corrected chi connectivity index (χ0v) is 23.4. The number of nitrogens with zero attached hydrogens (tertiary/aromatic N) is 4. The average Bonchev–Trinajstić information content (AvgIpc) is 2.95. The number of anilines is 2. The summed E-state index contributed by atoms with van der Waals surface area (Å²) in [5.74, 6) is 1.95. The Morgan fingerprint density at radius 2 is 1.82 bits per heavy atom. The van der Waals surface area contributed by atoms with Crippen LogP contribution in [0.1, 0.15) is 45.4 Å². The van der Waals surface area contributed by atoms with Crippen molar-refractivity contribution in [1.82, 2.24) is 19.8 Å². The van der Waals surface area contributed by atoms with Crippen LogP contribution in [-0.2, 0) is 0 Å². The predicted octanol–water partition coefficient (Wildman–Crippen LogP) is 6.65. The number of ether oxygens (including phenoxy) is 2.